The highest BCUT2D eigenvalue weighted by Crippen LogP contribution is 2.35. The van der Waals surface area contributed by atoms with Gasteiger partial charge in [-0.3, -0.25) is 4.79 Å². The van der Waals surface area contributed by atoms with E-state index in [0.29, 0.717) is 11.3 Å². The molecule has 0 radical (unpaired) electrons. The van der Waals surface area contributed by atoms with E-state index in [0.717, 1.165) is 11.1 Å². The number of aliphatic carboxylic acids is 1. The standard InChI is InChI=1S/C17H13NO4/c19-13-8-6-11(7-9-13)16-14(10-15(20)21)22-18-17(16)12-4-2-1-3-5-12/h1-9,19H,10H2,(H,20,21). The maximum absolute atomic E-state index is 11.0. The predicted molar refractivity (Wildman–Crippen MR) is 80.4 cm³/mol. The molecule has 1 heterocycles. The molecular weight excluding hydrogens is 282 g/mol. The number of aromatic hydroxyl groups is 1. The summed E-state index contributed by atoms with van der Waals surface area (Å²) in [4.78, 5) is 11.0. The number of carboxylic acids is 1. The first-order valence-electron chi connectivity index (χ1n) is 6.70. The Bertz CT molecular complexity index is 791. The molecule has 0 saturated heterocycles. The Labute approximate surface area is 126 Å². The van der Waals surface area contributed by atoms with Gasteiger partial charge in [0, 0.05) is 5.56 Å². The van der Waals surface area contributed by atoms with Crippen LogP contribution in [0.15, 0.2) is 59.1 Å². The van der Waals surface area contributed by atoms with Gasteiger partial charge in [0.25, 0.3) is 0 Å². The van der Waals surface area contributed by atoms with Gasteiger partial charge in [-0.2, -0.15) is 0 Å². The van der Waals surface area contributed by atoms with Crippen LogP contribution in [0.25, 0.3) is 22.4 Å². The number of benzene rings is 2. The molecule has 2 aromatic carbocycles. The molecule has 0 aliphatic rings. The lowest BCUT2D eigenvalue weighted by atomic mass is 9.98. The van der Waals surface area contributed by atoms with Gasteiger partial charge in [-0.25, -0.2) is 0 Å². The van der Waals surface area contributed by atoms with Crippen LogP contribution in [-0.2, 0) is 11.2 Å². The highest BCUT2D eigenvalue weighted by Gasteiger charge is 2.21. The van der Waals surface area contributed by atoms with Gasteiger partial charge in [0.05, 0.1) is 5.56 Å². The fourth-order valence-electron chi connectivity index (χ4n) is 2.30. The van der Waals surface area contributed by atoms with Crippen LogP contribution < -0.4 is 0 Å². The highest BCUT2D eigenvalue weighted by molar-refractivity contribution is 5.84. The number of hydrogen-bond donors (Lipinski definition) is 2. The molecule has 0 aliphatic carbocycles. The monoisotopic (exact) mass is 295 g/mol. The number of nitrogens with zero attached hydrogens (tertiary/aromatic N) is 1. The van der Waals surface area contributed by atoms with E-state index in [2.05, 4.69) is 5.16 Å². The van der Waals surface area contributed by atoms with Gasteiger partial charge in [0.15, 0.2) is 5.76 Å². The van der Waals surface area contributed by atoms with Crippen molar-refractivity contribution in [2.75, 3.05) is 0 Å². The van der Waals surface area contributed by atoms with E-state index >= 15 is 0 Å². The quantitative estimate of drug-likeness (QED) is 0.771. The normalized spacial score (nSPS) is 10.5. The van der Waals surface area contributed by atoms with Crippen molar-refractivity contribution < 1.29 is 19.5 Å². The average Bonchev–Trinajstić information content (AvgIpc) is 2.92. The van der Waals surface area contributed by atoms with Crippen molar-refractivity contribution in [2.45, 2.75) is 6.42 Å². The molecule has 0 fully saturated rings. The minimum absolute atomic E-state index is 0.140. The third-order valence-corrected chi connectivity index (χ3v) is 3.28. The molecule has 22 heavy (non-hydrogen) atoms. The van der Waals surface area contributed by atoms with Crippen LogP contribution in [-0.4, -0.2) is 21.3 Å². The second-order valence-electron chi connectivity index (χ2n) is 4.81. The summed E-state index contributed by atoms with van der Waals surface area (Å²) in [7, 11) is 0. The Morgan fingerprint density at radius 2 is 1.68 bits per heavy atom. The molecule has 0 spiro atoms. The Hall–Kier alpha value is -3.08. The molecule has 0 unspecified atom stereocenters. The summed E-state index contributed by atoms with van der Waals surface area (Å²) in [5.41, 5.74) is 2.80. The first-order valence-corrected chi connectivity index (χ1v) is 6.70. The summed E-state index contributed by atoms with van der Waals surface area (Å²) in [6.07, 6.45) is -0.254. The fourth-order valence-corrected chi connectivity index (χ4v) is 2.30. The van der Waals surface area contributed by atoms with Crippen LogP contribution in [0.1, 0.15) is 5.76 Å². The highest BCUT2D eigenvalue weighted by atomic mass is 16.5. The largest absolute Gasteiger partial charge is 0.508 e. The molecule has 0 saturated carbocycles. The van der Waals surface area contributed by atoms with Gasteiger partial charge in [-0.1, -0.05) is 47.6 Å². The van der Waals surface area contributed by atoms with Crippen molar-refractivity contribution in [1.82, 2.24) is 5.16 Å². The Balaban J connectivity index is 2.17. The Kier molecular flexibility index (Phi) is 3.62. The van der Waals surface area contributed by atoms with Gasteiger partial charge >= 0.3 is 5.97 Å². The molecule has 2 N–H and O–H groups in total. The van der Waals surface area contributed by atoms with Crippen LogP contribution in [0.4, 0.5) is 0 Å². The van der Waals surface area contributed by atoms with Crippen LogP contribution in [0.2, 0.25) is 0 Å². The summed E-state index contributed by atoms with van der Waals surface area (Å²) >= 11 is 0. The Morgan fingerprint density at radius 3 is 2.32 bits per heavy atom. The smallest absolute Gasteiger partial charge is 0.311 e. The van der Waals surface area contributed by atoms with Crippen LogP contribution in [0.3, 0.4) is 0 Å². The molecule has 0 bridgehead atoms. The van der Waals surface area contributed by atoms with E-state index in [-0.39, 0.29) is 17.9 Å². The van der Waals surface area contributed by atoms with E-state index < -0.39 is 5.97 Å². The van der Waals surface area contributed by atoms with Gasteiger partial charge in [-0.05, 0) is 17.7 Å². The van der Waals surface area contributed by atoms with Crippen molar-refractivity contribution in [3.63, 3.8) is 0 Å². The van der Waals surface area contributed by atoms with Crippen molar-refractivity contribution in [3.05, 3.63) is 60.4 Å². The van der Waals surface area contributed by atoms with E-state index in [1.54, 1.807) is 24.3 Å². The summed E-state index contributed by atoms with van der Waals surface area (Å²) in [5, 5.41) is 22.5. The third kappa shape index (κ3) is 2.69. The minimum Gasteiger partial charge on any atom is -0.508 e. The lowest BCUT2D eigenvalue weighted by Gasteiger charge is -2.04. The lowest BCUT2D eigenvalue weighted by molar-refractivity contribution is -0.136. The molecule has 0 aliphatic heterocycles. The maximum Gasteiger partial charge on any atom is 0.311 e. The summed E-state index contributed by atoms with van der Waals surface area (Å²) < 4.78 is 5.25. The van der Waals surface area contributed by atoms with Gasteiger partial charge in [0.1, 0.15) is 17.9 Å². The van der Waals surface area contributed by atoms with E-state index in [9.17, 15) is 9.90 Å². The first-order chi connectivity index (χ1) is 10.6. The summed E-state index contributed by atoms with van der Waals surface area (Å²) in [6.45, 7) is 0. The number of phenolic OH excluding ortho intramolecular Hbond substituents is 1. The van der Waals surface area contributed by atoms with Crippen molar-refractivity contribution in [1.29, 1.82) is 0 Å². The SMILES string of the molecule is O=C(O)Cc1onc(-c2ccccc2)c1-c1ccc(O)cc1. The second-order valence-corrected chi connectivity index (χ2v) is 4.81. The Morgan fingerprint density at radius 1 is 1.00 bits per heavy atom. The average molecular weight is 295 g/mol. The number of carboxylic acid groups (broad SMARTS) is 1. The number of phenols is 1. The predicted octanol–water partition coefficient (Wildman–Crippen LogP) is 3.34. The van der Waals surface area contributed by atoms with Crippen LogP contribution in [0.5, 0.6) is 5.75 Å². The molecule has 1 aromatic heterocycles. The van der Waals surface area contributed by atoms with E-state index in [4.69, 9.17) is 9.63 Å². The zero-order chi connectivity index (χ0) is 15.5. The maximum atomic E-state index is 11.0. The van der Waals surface area contributed by atoms with Crippen molar-refractivity contribution in [3.8, 4) is 28.1 Å². The zero-order valence-corrected chi connectivity index (χ0v) is 11.6. The molecule has 5 nitrogen and oxygen atoms in total. The van der Waals surface area contributed by atoms with Crippen molar-refractivity contribution >= 4 is 5.97 Å². The van der Waals surface area contributed by atoms with Crippen LogP contribution in [0, 0.1) is 0 Å². The van der Waals surface area contributed by atoms with Crippen molar-refractivity contribution in [2.24, 2.45) is 0 Å². The minimum atomic E-state index is -0.990. The molecule has 3 aromatic rings. The lowest BCUT2D eigenvalue weighted by Crippen LogP contribution is -2.00. The number of rotatable bonds is 4. The van der Waals surface area contributed by atoms with E-state index in [1.165, 1.54) is 0 Å². The molecule has 0 amide bonds. The second kappa shape index (κ2) is 5.73. The molecule has 0 atom stereocenters. The first kappa shape index (κ1) is 13.9. The third-order valence-electron chi connectivity index (χ3n) is 3.28. The summed E-state index contributed by atoms with van der Waals surface area (Å²) in [5.74, 6) is -0.561. The number of hydrogen-bond acceptors (Lipinski definition) is 4. The molecule has 110 valence electrons. The van der Waals surface area contributed by atoms with Gasteiger partial charge in [-0.15, -0.1) is 0 Å². The number of carbonyl (C=O) groups is 1. The summed E-state index contributed by atoms with van der Waals surface area (Å²) in [6, 6.07) is 15.9. The van der Waals surface area contributed by atoms with Crippen LogP contribution >= 0.6 is 0 Å². The fraction of sp³-hybridized carbons (Fsp3) is 0.0588. The number of aromatic nitrogens is 1. The van der Waals surface area contributed by atoms with Gasteiger partial charge in [0.2, 0.25) is 0 Å². The molecule has 3 rings (SSSR count). The van der Waals surface area contributed by atoms with E-state index in [1.807, 2.05) is 30.3 Å². The molecule has 5 heteroatoms. The molecular formula is C17H13NO4. The topological polar surface area (TPSA) is 83.6 Å². The zero-order valence-electron chi connectivity index (χ0n) is 11.6. The van der Waals surface area contributed by atoms with Gasteiger partial charge < -0.3 is 14.7 Å².